The van der Waals surface area contributed by atoms with Crippen LogP contribution in [0.25, 0.3) is 0 Å². The zero-order valence-electron chi connectivity index (χ0n) is 11.9. The molecule has 0 bridgehead atoms. The van der Waals surface area contributed by atoms with Crippen LogP contribution in [-0.2, 0) is 21.2 Å². The molecule has 21 heavy (non-hydrogen) atoms. The molecule has 0 spiro atoms. The fourth-order valence-corrected chi connectivity index (χ4v) is 4.72. The van der Waals surface area contributed by atoms with Crippen LogP contribution < -0.4 is 4.31 Å². The molecule has 0 saturated carbocycles. The Balaban J connectivity index is 1.78. The van der Waals surface area contributed by atoms with Gasteiger partial charge < -0.3 is 4.74 Å². The maximum atomic E-state index is 13.4. The van der Waals surface area contributed by atoms with E-state index in [9.17, 15) is 12.8 Å². The third-order valence-electron chi connectivity index (χ3n) is 4.18. The molecule has 1 aromatic carbocycles. The lowest BCUT2D eigenvalue weighted by Crippen LogP contribution is -2.37. The Labute approximate surface area is 125 Å². The first-order valence-corrected chi connectivity index (χ1v) is 9.08. The Morgan fingerprint density at radius 1 is 1.33 bits per heavy atom. The van der Waals surface area contributed by atoms with E-state index in [1.807, 2.05) is 0 Å². The van der Waals surface area contributed by atoms with Crippen molar-refractivity contribution in [2.24, 2.45) is 0 Å². The lowest BCUT2D eigenvalue weighted by molar-refractivity contribution is 0.109. The second kappa shape index (κ2) is 5.93. The first-order chi connectivity index (χ1) is 10.1. The summed E-state index contributed by atoms with van der Waals surface area (Å²) in [6.07, 6.45) is 4.08. The Bertz CT molecular complexity index is 611. The zero-order chi connectivity index (χ0) is 14.9. The molecule has 2 heterocycles. The molecule has 116 valence electrons. The van der Waals surface area contributed by atoms with Crippen molar-refractivity contribution in [1.82, 2.24) is 0 Å². The maximum absolute atomic E-state index is 13.4. The normalized spacial score (nSPS) is 22.3. The molecule has 3 rings (SSSR count). The van der Waals surface area contributed by atoms with Crippen LogP contribution >= 0.6 is 0 Å². The van der Waals surface area contributed by atoms with Gasteiger partial charge in [-0.3, -0.25) is 4.31 Å². The summed E-state index contributed by atoms with van der Waals surface area (Å²) in [5, 5.41) is 0. The fraction of sp³-hybridized carbons (Fsp3) is 0.600. The number of anilines is 1. The monoisotopic (exact) mass is 313 g/mol. The van der Waals surface area contributed by atoms with E-state index in [1.165, 1.54) is 16.4 Å². The van der Waals surface area contributed by atoms with Crippen molar-refractivity contribution >= 4 is 15.7 Å². The van der Waals surface area contributed by atoms with Crippen molar-refractivity contribution in [2.45, 2.75) is 38.2 Å². The number of halogens is 1. The van der Waals surface area contributed by atoms with Gasteiger partial charge in [-0.1, -0.05) is 6.07 Å². The number of rotatable bonds is 4. The van der Waals surface area contributed by atoms with Crippen LogP contribution in [0.4, 0.5) is 10.1 Å². The molecule has 1 fully saturated rings. The van der Waals surface area contributed by atoms with Crippen LogP contribution in [0.2, 0.25) is 0 Å². The maximum Gasteiger partial charge on any atom is 0.235 e. The minimum atomic E-state index is -3.41. The second-order valence-corrected chi connectivity index (χ2v) is 7.70. The highest BCUT2D eigenvalue weighted by molar-refractivity contribution is 7.92. The molecule has 0 radical (unpaired) electrons. The quantitative estimate of drug-likeness (QED) is 0.858. The van der Waals surface area contributed by atoms with Gasteiger partial charge in [0.1, 0.15) is 5.82 Å². The Hall–Kier alpha value is -1.14. The summed E-state index contributed by atoms with van der Waals surface area (Å²) < 4.78 is 45.4. The number of sulfonamides is 1. The van der Waals surface area contributed by atoms with Gasteiger partial charge in [0.25, 0.3) is 0 Å². The molecule has 1 aromatic rings. The molecule has 0 amide bonds. The van der Waals surface area contributed by atoms with E-state index in [4.69, 9.17) is 4.74 Å². The van der Waals surface area contributed by atoms with Crippen LogP contribution in [0.3, 0.4) is 0 Å². The third-order valence-corrected chi connectivity index (χ3v) is 5.98. The van der Waals surface area contributed by atoms with Gasteiger partial charge in [-0.05, 0) is 49.8 Å². The van der Waals surface area contributed by atoms with E-state index in [0.717, 1.165) is 37.9 Å². The Morgan fingerprint density at radius 3 is 2.95 bits per heavy atom. The molecule has 1 unspecified atom stereocenters. The molecule has 0 N–H and O–H groups in total. The van der Waals surface area contributed by atoms with E-state index < -0.39 is 15.8 Å². The number of benzene rings is 1. The standard InChI is InChI=1S/C15H20FNO3S/c16-13-6-5-12-3-1-8-17(15(12)11-13)21(18,19)10-7-14-4-2-9-20-14/h5-6,11,14H,1-4,7-10H2. The number of nitrogens with zero attached hydrogens (tertiary/aromatic N) is 1. The highest BCUT2D eigenvalue weighted by Crippen LogP contribution is 2.30. The van der Waals surface area contributed by atoms with Crippen molar-refractivity contribution < 1.29 is 17.5 Å². The van der Waals surface area contributed by atoms with Crippen molar-refractivity contribution in [2.75, 3.05) is 23.2 Å². The SMILES string of the molecule is O=S(=O)(CCC1CCCO1)N1CCCc2ccc(F)cc21. The van der Waals surface area contributed by atoms with Gasteiger partial charge in [-0.2, -0.15) is 0 Å². The average molecular weight is 313 g/mol. The molecular formula is C15H20FNO3S. The van der Waals surface area contributed by atoms with Crippen LogP contribution in [0, 0.1) is 5.82 Å². The summed E-state index contributed by atoms with van der Waals surface area (Å²) in [6, 6.07) is 4.41. The molecule has 6 heteroatoms. The Morgan fingerprint density at radius 2 is 2.19 bits per heavy atom. The highest BCUT2D eigenvalue weighted by Gasteiger charge is 2.29. The number of aryl methyl sites for hydroxylation is 1. The van der Waals surface area contributed by atoms with E-state index >= 15 is 0 Å². The summed E-state index contributed by atoms with van der Waals surface area (Å²) in [5.41, 5.74) is 1.41. The topological polar surface area (TPSA) is 46.6 Å². The zero-order valence-corrected chi connectivity index (χ0v) is 12.7. The molecular weight excluding hydrogens is 293 g/mol. The predicted molar refractivity (Wildman–Crippen MR) is 79.4 cm³/mol. The largest absolute Gasteiger partial charge is 0.378 e. The van der Waals surface area contributed by atoms with Crippen LogP contribution in [0.5, 0.6) is 0 Å². The number of fused-ring (bicyclic) bond motifs is 1. The van der Waals surface area contributed by atoms with Gasteiger partial charge in [0.2, 0.25) is 10.0 Å². The van der Waals surface area contributed by atoms with Gasteiger partial charge in [0, 0.05) is 13.2 Å². The van der Waals surface area contributed by atoms with Gasteiger partial charge >= 0.3 is 0 Å². The van der Waals surface area contributed by atoms with E-state index in [1.54, 1.807) is 6.07 Å². The first kappa shape index (κ1) is 14.8. The lowest BCUT2D eigenvalue weighted by atomic mass is 10.0. The Kier molecular flexibility index (Phi) is 4.17. The second-order valence-electron chi connectivity index (χ2n) is 5.69. The molecule has 1 atom stereocenters. The minimum absolute atomic E-state index is 0.0524. The molecule has 2 aliphatic heterocycles. The fourth-order valence-electron chi connectivity index (χ4n) is 3.07. The van der Waals surface area contributed by atoms with Gasteiger partial charge in [0.05, 0.1) is 17.5 Å². The third kappa shape index (κ3) is 3.21. The van der Waals surface area contributed by atoms with Crippen molar-refractivity contribution in [1.29, 1.82) is 0 Å². The number of hydrogen-bond donors (Lipinski definition) is 0. The van der Waals surface area contributed by atoms with E-state index in [0.29, 0.717) is 18.7 Å². The van der Waals surface area contributed by atoms with Gasteiger partial charge in [-0.25, -0.2) is 12.8 Å². The minimum Gasteiger partial charge on any atom is -0.378 e. The highest BCUT2D eigenvalue weighted by atomic mass is 32.2. The van der Waals surface area contributed by atoms with Gasteiger partial charge in [-0.15, -0.1) is 0 Å². The summed E-state index contributed by atoms with van der Waals surface area (Å²) in [6.45, 7) is 1.16. The van der Waals surface area contributed by atoms with E-state index in [2.05, 4.69) is 0 Å². The van der Waals surface area contributed by atoms with Crippen LogP contribution in [0.1, 0.15) is 31.2 Å². The van der Waals surface area contributed by atoms with Gasteiger partial charge in [0.15, 0.2) is 0 Å². The predicted octanol–water partition coefficient (Wildman–Crippen LogP) is 2.48. The number of ether oxygens (including phenoxy) is 1. The summed E-state index contributed by atoms with van der Waals surface area (Å²) in [7, 11) is -3.41. The summed E-state index contributed by atoms with van der Waals surface area (Å²) in [5.74, 6) is -0.330. The van der Waals surface area contributed by atoms with Crippen molar-refractivity contribution in [3.05, 3.63) is 29.6 Å². The average Bonchev–Trinajstić information content (AvgIpc) is 2.98. The molecule has 1 saturated heterocycles. The van der Waals surface area contributed by atoms with E-state index in [-0.39, 0.29) is 11.9 Å². The van der Waals surface area contributed by atoms with Crippen molar-refractivity contribution in [3.63, 3.8) is 0 Å². The first-order valence-electron chi connectivity index (χ1n) is 7.47. The number of hydrogen-bond acceptors (Lipinski definition) is 3. The molecule has 4 nitrogen and oxygen atoms in total. The van der Waals surface area contributed by atoms with Crippen molar-refractivity contribution in [3.8, 4) is 0 Å². The van der Waals surface area contributed by atoms with Crippen LogP contribution in [-0.4, -0.2) is 33.4 Å². The summed E-state index contributed by atoms with van der Waals surface area (Å²) in [4.78, 5) is 0. The smallest absolute Gasteiger partial charge is 0.235 e. The summed E-state index contributed by atoms with van der Waals surface area (Å²) >= 11 is 0. The van der Waals surface area contributed by atoms with Crippen LogP contribution in [0.15, 0.2) is 18.2 Å². The molecule has 0 aromatic heterocycles. The lowest BCUT2D eigenvalue weighted by Gasteiger charge is -2.30. The molecule has 0 aliphatic carbocycles. The molecule has 2 aliphatic rings.